The second-order valence-electron chi connectivity index (χ2n) is 5.35. The van der Waals surface area contributed by atoms with Crippen LogP contribution in [0.25, 0.3) is 0 Å². The first kappa shape index (κ1) is 13.9. The van der Waals surface area contributed by atoms with Gasteiger partial charge >= 0.3 is 0 Å². The molecule has 3 N–H and O–H groups in total. The van der Waals surface area contributed by atoms with Gasteiger partial charge in [0.15, 0.2) is 0 Å². The number of anilines is 1. The van der Waals surface area contributed by atoms with E-state index in [1.54, 1.807) is 0 Å². The van der Waals surface area contributed by atoms with Crippen molar-refractivity contribution in [1.82, 2.24) is 9.97 Å². The van der Waals surface area contributed by atoms with Gasteiger partial charge in [-0.05, 0) is 38.6 Å². The lowest BCUT2D eigenvalue weighted by atomic mass is 9.88. The third kappa shape index (κ3) is 5.13. The molecule has 0 aliphatic rings. The highest BCUT2D eigenvalue weighted by molar-refractivity contribution is 5.35. The van der Waals surface area contributed by atoms with Crippen molar-refractivity contribution in [2.24, 2.45) is 11.1 Å². The Morgan fingerprint density at radius 3 is 2.59 bits per heavy atom. The molecule has 0 unspecified atom stereocenters. The number of hydrogen-bond donors (Lipinski definition) is 2. The van der Waals surface area contributed by atoms with Crippen molar-refractivity contribution in [3.05, 3.63) is 17.6 Å². The summed E-state index contributed by atoms with van der Waals surface area (Å²) in [5, 5.41) is 3.38. The number of aromatic nitrogens is 2. The Bertz CT molecular complexity index is 340. The molecule has 0 atom stereocenters. The van der Waals surface area contributed by atoms with E-state index >= 15 is 0 Å². The van der Waals surface area contributed by atoms with Crippen LogP contribution in [0.15, 0.2) is 6.07 Å². The first-order valence-corrected chi connectivity index (χ1v) is 6.19. The largest absolute Gasteiger partial charge is 0.369 e. The Morgan fingerprint density at radius 2 is 2.00 bits per heavy atom. The third-order valence-corrected chi connectivity index (χ3v) is 2.77. The number of nitrogens with zero attached hydrogens (tertiary/aromatic N) is 2. The molecule has 0 aliphatic carbocycles. The van der Waals surface area contributed by atoms with Gasteiger partial charge in [-0.25, -0.2) is 9.97 Å². The predicted octanol–water partition coefficient (Wildman–Crippen LogP) is 2.27. The zero-order valence-corrected chi connectivity index (χ0v) is 11.4. The lowest BCUT2D eigenvalue weighted by molar-refractivity contribution is 0.350. The molecule has 1 heterocycles. The van der Waals surface area contributed by atoms with Gasteiger partial charge in [-0.15, -0.1) is 0 Å². The Kier molecular flexibility index (Phi) is 4.87. The summed E-state index contributed by atoms with van der Waals surface area (Å²) in [5.41, 5.74) is 6.78. The van der Waals surface area contributed by atoms with E-state index in [-0.39, 0.29) is 5.41 Å². The Morgan fingerprint density at radius 1 is 1.29 bits per heavy atom. The first-order valence-electron chi connectivity index (χ1n) is 6.19. The molecule has 96 valence electrons. The minimum absolute atomic E-state index is 0.242. The summed E-state index contributed by atoms with van der Waals surface area (Å²) < 4.78 is 0. The van der Waals surface area contributed by atoms with E-state index in [4.69, 9.17) is 5.73 Å². The fraction of sp³-hybridized carbons (Fsp3) is 0.692. The lowest BCUT2D eigenvalue weighted by Gasteiger charge is -2.25. The van der Waals surface area contributed by atoms with Gasteiger partial charge in [0.05, 0.1) is 0 Å². The average Bonchev–Trinajstić information content (AvgIpc) is 2.23. The van der Waals surface area contributed by atoms with Crippen molar-refractivity contribution in [1.29, 1.82) is 0 Å². The summed E-state index contributed by atoms with van der Waals surface area (Å²) >= 11 is 0. The maximum absolute atomic E-state index is 5.54. The van der Waals surface area contributed by atoms with E-state index < -0.39 is 0 Å². The van der Waals surface area contributed by atoms with Crippen molar-refractivity contribution < 1.29 is 0 Å². The van der Waals surface area contributed by atoms with Crippen molar-refractivity contribution in [3.8, 4) is 0 Å². The minimum Gasteiger partial charge on any atom is -0.369 e. The van der Waals surface area contributed by atoms with Crippen LogP contribution in [0.1, 0.15) is 38.2 Å². The van der Waals surface area contributed by atoms with Crippen LogP contribution in [-0.2, 0) is 0 Å². The Hall–Kier alpha value is -1.16. The fourth-order valence-electron chi connectivity index (χ4n) is 1.81. The summed E-state index contributed by atoms with van der Waals surface area (Å²) in [7, 11) is 0. The van der Waals surface area contributed by atoms with Gasteiger partial charge in [0.2, 0.25) is 0 Å². The smallest absolute Gasteiger partial charge is 0.129 e. The minimum atomic E-state index is 0.242. The van der Waals surface area contributed by atoms with Gasteiger partial charge in [0, 0.05) is 18.3 Å². The summed E-state index contributed by atoms with van der Waals surface area (Å²) in [6.07, 6.45) is 2.19. The number of hydrogen-bond acceptors (Lipinski definition) is 4. The van der Waals surface area contributed by atoms with Crippen LogP contribution in [0.5, 0.6) is 0 Å². The predicted molar refractivity (Wildman–Crippen MR) is 72.1 cm³/mol. The van der Waals surface area contributed by atoms with E-state index in [2.05, 4.69) is 29.1 Å². The number of nitrogens with one attached hydrogen (secondary N) is 1. The van der Waals surface area contributed by atoms with Gasteiger partial charge < -0.3 is 11.1 Å². The molecule has 0 saturated heterocycles. The summed E-state index contributed by atoms with van der Waals surface area (Å²) in [6, 6.07) is 1.98. The van der Waals surface area contributed by atoms with Crippen LogP contribution < -0.4 is 11.1 Å². The number of nitrogens with two attached hydrogens (primary N) is 1. The van der Waals surface area contributed by atoms with Crippen LogP contribution in [0.3, 0.4) is 0 Å². The summed E-state index contributed by atoms with van der Waals surface area (Å²) in [6.45, 7) is 10.1. The van der Waals surface area contributed by atoms with Gasteiger partial charge in [0.25, 0.3) is 0 Å². The third-order valence-electron chi connectivity index (χ3n) is 2.77. The number of aryl methyl sites for hydroxylation is 2. The summed E-state index contributed by atoms with van der Waals surface area (Å²) in [4.78, 5) is 8.63. The molecule has 0 bridgehead atoms. The van der Waals surface area contributed by atoms with Gasteiger partial charge in [0.1, 0.15) is 11.6 Å². The molecule has 1 rings (SSSR count). The molecule has 4 heteroatoms. The quantitative estimate of drug-likeness (QED) is 0.795. The average molecular weight is 236 g/mol. The van der Waals surface area contributed by atoms with Crippen LogP contribution >= 0.6 is 0 Å². The van der Waals surface area contributed by atoms with E-state index in [0.717, 1.165) is 43.3 Å². The molecular weight excluding hydrogens is 212 g/mol. The van der Waals surface area contributed by atoms with Crippen LogP contribution in [0.2, 0.25) is 0 Å². The molecule has 0 fully saturated rings. The van der Waals surface area contributed by atoms with Crippen LogP contribution in [-0.4, -0.2) is 23.1 Å². The van der Waals surface area contributed by atoms with Crippen molar-refractivity contribution in [2.45, 2.75) is 40.5 Å². The first-order chi connectivity index (χ1) is 7.93. The molecule has 4 nitrogen and oxygen atoms in total. The van der Waals surface area contributed by atoms with Crippen molar-refractivity contribution in [2.75, 3.05) is 18.4 Å². The normalized spacial score (nSPS) is 11.6. The van der Waals surface area contributed by atoms with Crippen molar-refractivity contribution in [3.63, 3.8) is 0 Å². The second-order valence-corrected chi connectivity index (χ2v) is 5.35. The zero-order chi connectivity index (χ0) is 12.9. The van der Waals surface area contributed by atoms with Crippen LogP contribution in [0.4, 0.5) is 5.82 Å². The van der Waals surface area contributed by atoms with Crippen molar-refractivity contribution >= 4 is 5.82 Å². The molecule has 1 aromatic rings. The standard InChI is InChI=1S/C13H24N4/c1-10-8-12(17-11(2)16-10)15-9-13(3,4)6-5-7-14/h8H,5-7,9,14H2,1-4H3,(H,15,16,17). The van der Waals surface area contributed by atoms with Crippen LogP contribution in [0, 0.1) is 19.3 Å². The molecule has 0 spiro atoms. The molecular formula is C13H24N4. The second kappa shape index (κ2) is 5.96. The van der Waals surface area contributed by atoms with E-state index in [1.165, 1.54) is 0 Å². The SMILES string of the molecule is Cc1cc(NCC(C)(C)CCCN)nc(C)n1. The maximum atomic E-state index is 5.54. The molecule has 17 heavy (non-hydrogen) atoms. The topological polar surface area (TPSA) is 63.8 Å². The molecule has 0 aromatic carbocycles. The van der Waals surface area contributed by atoms with E-state index in [9.17, 15) is 0 Å². The summed E-state index contributed by atoms with van der Waals surface area (Å²) in [5.74, 6) is 1.73. The van der Waals surface area contributed by atoms with Gasteiger partial charge in [-0.1, -0.05) is 13.8 Å². The Balaban J connectivity index is 2.54. The number of rotatable bonds is 6. The molecule has 0 radical (unpaired) electrons. The molecule has 0 saturated carbocycles. The maximum Gasteiger partial charge on any atom is 0.129 e. The monoisotopic (exact) mass is 236 g/mol. The van der Waals surface area contributed by atoms with Gasteiger partial charge in [-0.3, -0.25) is 0 Å². The van der Waals surface area contributed by atoms with Gasteiger partial charge in [-0.2, -0.15) is 0 Å². The van der Waals surface area contributed by atoms with E-state index in [1.807, 2.05) is 19.9 Å². The fourth-order valence-corrected chi connectivity index (χ4v) is 1.81. The lowest BCUT2D eigenvalue weighted by Crippen LogP contribution is -2.24. The van der Waals surface area contributed by atoms with E-state index in [0.29, 0.717) is 0 Å². The Labute approximate surface area is 104 Å². The zero-order valence-electron chi connectivity index (χ0n) is 11.4. The molecule has 1 aromatic heterocycles. The highest BCUT2D eigenvalue weighted by Gasteiger charge is 2.17. The molecule has 0 amide bonds. The highest BCUT2D eigenvalue weighted by Crippen LogP contribution is 2.22. The molecule has 0 aliphatic heterocycles. The highest BCUT2D eigenvalue weighted by atomic mass is 15.0.